The number of hydrogen-bond donors (Lipinski definition) is 1. The van der Waals surface area contributed by atoms with E-state index in [1.54, 1.807) is 0 Å². The van der Waals surface area contributed by atoms with Gasteiger partial charge in [-0.05, 0) is 25.5 Å². The van der Waals surface area contributed by atoms with Crippen LogP contribution in [0, 0.1) is 6.92 Å². The molecule has 84 valence electrons. The predicted molar refractivity (Wildman–Crippen MR) is 61.3 cm³/mol. The van der Waals surface area contributed by atoms with Crippen LogP contribution in [0.1, 0.15) is 12.1 Å². The lowest BCUT2D eigenvalue weighted by Gasteiger charge is -2.15. The summed E-state index contributed by atoms with van der Waals surface area (Å²) < 4.78 is 5.16. The summed E-state index contributed by atoms with van der Waals surface area (Å²) >= 11 is 0. The van der Waals surface area contributed by atoms with Gasteiger partial charge < -0.3 is 15.2 Å². The molecule has 0 radical (unpaired) electrons. The van der Waals surface area contributed by atoms with Gasteiger partial charge in [-0.3, -0.25) is 0 Å². The Morgan fingerprint density at radius 1 is 1.50 bits per heavy atom. The molecule has 0 bridgehead atoms. The lowest BCUT2D eigenvalue weighted by atomic mass is 10.3. The molecule has 16 heavy (non-hydrogen) atoms. The summed E-state index contributed by atoms with van der Waals surface area (Å²) in [7, 11) is 0. The number of fused-ring (bicyclic) bond motifs is 1. The van der Waals surface area contributed by atoms with Gasteiger partial charge in [0.15, 0.2) is 0 Å². The normalized spacial score (nSPS) is 20.9. The maximum absolute atomic E-state index is 5.87. The Bertz CT molecular complexity index is 522. The third-order valence-electron chi connectivity index (χ3n) is 3.05. The molecule has 1 fully saturated rings. The van der Waals surface area contributed by atoms with Crippen LogP contribution < -0.4 is 10.6 Å². The van der Waals surface area contributed by atoms with Crippen LogP contribution in [0.25, 0.3) is 11.1 Å². The largest absolute Gasteiger partial charge is 0.355 e. The number of nitrogens with zero attached hydrogens (tertiary/aromatic N) is 3. The SMILES string of the molecule is Cc1noc2nc(N3CCC(N)C3)ccc12. The smallest absolute Gasteiger partial charge is 0.259 e. The van der Waals surface area contributed by atoms with Gasteiger partial charge in [-0.15, -0.1) is 0 Å². The number of hydrogen-bond acceptors (Lipinski definition) is 5. The van der Waals surface area contributed by atoms with Gasteiger partial charge in [-0.2, -0.15) is 4.98 Å². The molecule has 1 aliphatic heterocycles. The van der Waals surface area contributed by atoms with Crippen molar-refractivity contribution in [2.24, 2.45) is 5.73 Å². The van der Waals surface area contributed by atoms with Crippen LogP contribution in [0.15, 0.2) is 16.7 Å². The minimum atomic E-state index is 0.258. The Hall–Kier alpha value is -1.62. The Morgan fingerprint density at radius 3 is 3.12 bits per heavy atom. The summed E-state index contributed by atoms with van der Waals surface area (Å²) in [6.07, 6.45) is 1.02. The van der Waals surface area contributed by atoms with Crippen LogP contribution in [0.2, 0.25) is 0 Å². The Morgan fingerprint density at radius 2 is 2.38 bits per heavy atom. The summed E-state index contributed by atoms with van der Waals surface area (Å²) in [5, 5.41) is 4.88. The first-order chi connectivity index (χ1) is 7.74. The molecule has 2 aromatic heterocycles. The van der Waals surface area contributed by atoms with E-state index in [0.29, 0.717) is 5.71 Å². The molecule has 1 unspecified atom stereocenters. The lowest BCUT2D eigenvalue weighted by molar-refractivity contribution is 0.443. The van der Waals surface area contributed by atoms with Crippen LogP contribution in [-0.4, -0.2) is 29.3 Å². The average Bonchev–Trinajstić information content (AvgIpc) is 2.86. The van der Waals surface area contributed by atoms with Crippen molar-refractivity contribution in [2.45, 2.75) is 19.4 Å². The van der Waals surface area contributed by atoms with Crippen molar-refractivity contribution in [2.75, 3.05) is 18.0 Å². The maximum Gasteiger partial charge on any atom is 0.259 e. The third-order valence-corrected chi connectivity index (χ3v) is 3.05. The number of nitrogens with two attached hydrogens (primary N) is 1. The van der Waals surface area contributed by atoms with Crippen LogP contribution in [0.4, 0.5) is 5.82 Å². The zero-order chi connectivity index (χ0) is 11.1. The molecule has 0 spiro atoms. The van der Waals surface area contributed by atoms with E-state index in [2.05, 4.69) is 15.0 Å². The molecule has 1 aliphatic rings. The van der Waals surface area contributed by atoms with Crippen molar-refractivity contribution in [3.05, 3.63) is 17.8 Å². The van der Waals surface area contributed by atoms with E-state index in [1.165, 1.54) is 0 Å². The molecule has 0 aromatic carbocycles. The summed E-state index contributed by atoms with van der Waals surface area (Å²) in [6.45, 7) is 3.75. The highest BCUT2D eigenvalue weighted by Crippen LogP contribution is 2.22. The second-order valence-electron chi connectivity index (χ2n) is 4.28. The summed E-state index contributed by atoms with van der Waals surface area (Å²) in [6, 6.07) is 4.27. The van der Waals surface area contributed by atoms with Gasteiger partial charge in [0.1, 0.15) is 5.82 Å². The second kappa shape index (κ2) is 3.45. The highest BCUT2D eigenvalue weighted by atomic mass is 16.5. The zero-order valence-electron chi connectivity index (χ0n) is 9.18. The molecule has 0 aliphatic carbocycles. The van der Waals surface area contributed by atoms with Gasteiger partial charge in [-0.1, -0.05) is 5.16 Å². The third kappa shape index (κ3) is 1.44. The first-order valence-corrected chi connectivity index (χ1v) is 5.47. The van der Waals surface area contributed by atoms with Gasteiger partial charge in [0.25, 0.3) is 5.71 Å². The highest BCUT2D eigenvalue weighted by Gasteiger charge is 2.20. The van der Waals surface area contributed by atoms with E-state index in [0.717, 1.165) is 36.4 Å². The van der Waals surface area contributed by atoms with Crippen LogP contribution >= 0.6 is 0 Å². The van der Waals surface area contributed by atoms with E-state index in [-0.39, 0.29) is 6.04 Å². The minimum absolute atomic E-state index is 0.258. The van der Waals surface area contributed by atoms with Crippen LogP contribution in [-0.2, 0) is 0 Å². The number of aromatic nitrogens is 2. The molecule has 5 heteroatoms. The lowest BCUT2D eigenvalue weighted by Crippen LogP contribution is -2.26. The Kier molecular flexibility index (Phi) is 2.07. The van der Waals surface area contributed by atoms with E-state index in [1.807, 2.05) is 19.1 Å². The van der Waals surface area contributed by atoms with Crippen molar-refractivity contribution >= 4 is 16.9 Å². The van der Waals surface area contributed by atoms with Crippen LogP contribution in [0.3, 0.4) is 0 Å². The minimum Gasteiger partial charge on any atom is -0.355 e. The first kappa shape index (κ1) is 9.59. The molecule has 1 atom stereocenters. The fourth-order valence-corrected chi connectivity index (χ4v) is 2.11. The van der Waals surface area contributed by atoms with Crippen molar-refractivity contribution in [1.29, 1.82) is 0 Å². The highest BCUT2D eigenvalue weighted by molar-refractivity contribution is 5.77. The van der Waals surface area contributed by atoms with Gasteiger partial charge in [0, 0.05) is 19.1 Å². The average molecular weight is 218 g/mol. The van der Waals surface area contributed by atoms with E-state index in [9.17, 15) is 0 Å². The van der Waals surface area contributed by atoms with E-state index in [4.69, 9.17) is 10.3 Å². The van der Waals surface area contributed by atoms with E-state index >= 15 is 0 Å². The first-order valence-electron chi connectivity index (χ1n) is 5.47. The second-order valence-corrected chi connectivity index (χ2v) is 4.28. The molecule has 3 rings (SSSR count). The van der Waals surface area contributed by atoms with Gasteiger partial charge >= 0.3 is 0 Å². The number of rotatable bonds is 1. The van der Waals surface area contributed by atoms with Crippen LogP contribution in [0.5, 0.6) is 0 Å². The summed E-state index contributed by atoms with van der Waals surface area (Å²) in [4.78, 5) is 6.64. The quantitative estimate of drug-likeness (QED) is 0.775. The summed E-state index contributed by atoms with van der Waals surface area (Å²) in [5.41, 5.74) is 7.36. The van der Waals surface area contributed by atoms with Gasteiger partial charge in [0.2, 0.25) is 0 Å². The summed E-state index contributed by atoms with van der Waals surface area (Å²) in [5.74, 6) is 0.927. The monoisotopic (exact) mass is 218 g/mol. The molecule has 0 amide bonds. The Labute approximate surface area is 93.2 Å². The topological polar surface area (TPSA) is 68.2 Å². The number of anilines is 1. The van der Waals surface area contributed by atoms with Crippen molar-refractivity contribution in [3.63, 3.8) is 0 Å². The molecular weight excluding hydrogens is 204 g/mol. The van der Waals surface area contributed by atoms with Crippen molar-refractivity contribution < 1.29 is 4.52 Å². The van der Waals surface area contributed by atoms with Gasteiger partial charge in [0.05, 0.1) is 11.1 Å². The fourth-order valence-electron chi connectivity index (χ4n) is 2.11. The zero-order valence-corrected chi connectivity index (χ0v) is 9.18. The van der Waals surface area contributed by atoms with Crippen molar-refractivity contribution in [1.82, 2.24) is 10.1 Å². The van der Waals surface area contributed by atoms with Gasteiger partial charge in [-0.25, -0.2) is 0 Å². The molecule has 2 N–H and O–H groups in total. The molecular formula is C11H14N4O. The fraction of sp³-hybridized carbons (Fsp3) is 0.455. The molecule has 0 saturated carbocycles. The molecule has 1 saturated heterocycles. The molecule has 5 nitrogen and oxygen atoms in total. The van der Waals surface area contributed by atoms with E-state index < -0.39 is 0 Å². The standard InChI is InChI=1S/C11H14N4O/c1-7-9-2-3-10(13-11(9)16-14-7)15-5-4-8(12)6-15/h2-3,8H,4-6,12H2,1H3. The Balaban J connectivity index is 1.99. The number of pyridine rings is 1. The molecule has 2 aromatic rings. The number of aryl methyl sites for hydroxylation is 1. The van der Waals surface area contributed by atoms with Crippen molar-refractivity contribution in [3.8, 4) is 0 Å². The predicted octanol–water partition coefficient (Wildman–Crippen LogP) is 1.07. The maximum atomic E-state index is 5.87. The molecule has 3 heterocycles.